The van der Waals surface area contributed by atoms with Gasteiger partial charge in [0.2, 0.25) is 0 Å². The highest BCUT2D eigenvalue weighted by molar-refractivity contribution is 6.20. The third-order valence-corrected chi connectivity index (χ3v) is 2.20. The molecule has 1 aromatic rings. The van der Waals surface area contributed by atoms with Gasteiger partial charge in [-0.2, -0.15) is 0 Å². The standard InChI is InChI=1S/C13H19ClO/c1-10(2)9-15-13-7-5-4-6-12(13)8-11(3)14/h4-7,10-11H,8-9H2,1-3H3. The molecule has 0 aliphatic rings. The number of hydrogen-bond acceptors (Lipinski definition) is 1. The Labute approximate surface area is 97.4 Å². The van der Waals surface area contributed by atoms with Crippen LogP contribution in [-0.4, -0.2) is 12.0 Å². The first-order valence-corrected chi connectivity index (χ1v) is 5.88. The molecule has 2 heteroatoms. The third kappa shape index (κ3) is 4.57. The maximum absolute atomic E-state index is 5.99. The zero-order valence-electron chi connectivity index (χ0n) is 9.66. The minimum Gasteiger partial charge on any atom is -0.493 e. The first-order chi connectivity index (χ1) is 7.09. The van der Waals surface area contributed by atoms with E-state index in [0.29, 0.717) is 5.92 Å². The van der Waals surface area contributed by atoms with Crippen LogP contribution in [0.25, 0.3) is 0 Å². The molecule has 0 aliphatic carbocycles. The lowest BCUT2D eigenvalue weighted by Crippen LogP contribution is -2.07. The molecule has 0 saturated heterocycles. The second kappa shape index (κ2) is 6.02. The summed E-state index contributed by atoms with van der Waals surface area (Å²) in [5, 5.41) is 0.147. The summed E-state index contributed by atoms with van der Waals surface area (Å²) >= 11 is 5.99. The maximum Gasteiger partial charge on any atom is 0.122 e. The maximum atomic E-state index is 5.99. The molecule has 0 amide bonds. The Morgan fingerprint density at radius 3 is 2.47 bits per heavy atom. The molecule has 0 N–H and O–H groups in total. The molecule has 1 nitrogen and oxygen atoms in total. The number of benzene rings is 1. The Hall–Kier alpha value is -0.690. The van der Waals surface area contributed by atoms with Gasteiger partial charge in [-0.1, -0.05) is 32.0 Å². The molecule has 1 aromatic carbocycles. The third-order valence-electron chi connectivity index (χ3n) is 2.05. The van der Waals surface area contributed by atoms with Crippen LogP contribution in [0.5, 0.6) is 5.75 Å². The monoisotopic (exact) mass is 226 g/mol. The van der Waals surface area contributed by atoms with Crippen LogP contribution >= 0.6 is 11.6 Å². The summed E-state index contributed by atoms with van der Waals surface area (Å²) in [6.07, 6.45) is 0.857. The summed E-state index contributed by atoms with van der Waals surface area (Å²) in [5.74, 6) is 1.52. The van der Waals surface area contributed by atoms with Gasteiger partial charge in [-0.05, 0) is 30.9 Å². The fourth-order valence-electron chi connectivity index (χ4n) is 1.37. The van der Waals surface area contributed by atoms with Crippen LogP contribution in [0.15, 0.2) is 24.3 Å². The second-order valence-electron chi connectivity index (χ2n) is 4.30. The van der Waals surface area contributed by atoms with Gasteiger partial charge in [0.25, 0.3) is 0 Å². The van der Waals surface area contributed by atoms with Crippen molar-refractivity contribution in [2.75, 3.05) is 6.61 Å². The molecule has 0 heterocycles. The Morgan fingerprint density at radius 2 is 1.87 bits per heavy atom. The van der Waals surface area contributed by atoms with Crippen LogP contribution in [0.2, 0.25) is 0 Å². The Balaban J connectivity index is 2.68. The van der Waals surface area contributed by atoms with Crippen molar-refractivity contribution in [2.45, 2.75) is 32.6 Å². The summed E-state index contributed by atoms with van der Waals surface area (Å²) in [5.41, 5.74) is 1.20. The highest BCUT2D eigenvalue weighted by Gasteiger charge is 2.06. The lowest BCUT2D eigenvalue weighted by Gasteiger charge is -2.13. The van der Waals surface area contributed by atoms with Gasteiger partial charge < -0.3 is 4.74 Å². The SMILES string of the molecule is CC(C)COc1ccccc1CC(C)Cl. The van der Waals surface area contributed by atoms with E-state index in [-0.39, 0.29) is 5.38 Å². The second-order valence-corrected chi connectivity index (χ2v) is 5.04. The van der Waals surface area contributed by atoms with Crippen LogP contribution in [0.1, 0.15) is 26.3 Å². The largest absolute Gasteiger partial charge is 0.493 e. The zero-order chi connectivity index (χ0) is 11.3. The Kier molecular flexibility index (Phi) is 4.97. The molecule has 1 rings (SSSR count). The molecule has 0 radical (unpaired) electrons. The van der Waals surface area contributed by atoms with E-state index in [1.54, 1.807) is 0 Å². The molecule has 1 atom stereocenters. The van der Waals surface area contributed by atoms with E-state index < -0.39 is 0 Å². The molecule has 0 saturated carbocycles. The summed E-state index contributed by atoms with van der Waals surface area (Å²) in [6.45, 7) is 7.05. The van der Waals surface area contributed by atoms with Gasteiger partial charge >= 0.3 is 0 Å². The number of alkyl halides is 1. The van der Waals surface area contributed by atoms with Crippen LogP contribution in [-0.2, 0) is 6.42 Å². The number of para-hydroxylation sites is 1. The van der Waals surface area contributed by atoms with Crippen molar-refractivity contribution in [3.05, 3.63) is 29.8 Å². The molecule has 15 heavy (non-hydrogen) atoms. The van der Waals surface area contributed by atoms with Crippen molar-refractivity contribution in [2.24, 2.45) is 5.92 Å². The lowest BCUT2D eigenvalue weighted by molar-refractivity contribution is 0.268. The van der Waals surface area contributed by atoms with Gasteiger partial charge in [0.1, 0.15) is 5.75 Å². The Morgan fingerprint density at radius 1 is 1.20 bits per heavy atom. The summed E-state index contributed by atoms with van der Waals surface area (Å²) in [6, 6.07) is 8.11. The van der Waals surface area contributed by atoms with Gasteiger partial charge in [0.05, 0.1) is 6.61 Å². The van der Waals surface area contributed by atoms with E-state index in [0.717, 1.165) is 18.8 Å². The van der Waals surface area contributed by atoms with Crippen molar-refractivity contribution in [3.8, 4) is 5.75 Å². The average Bonchev–Trinajstić information content (AvgIpc) is 2.15. The van der Waals surface area contributed by atoms with Crippen molar-refractivity contribution < 1.29 is 4.74 Å². The highest BCUT2D eigenvalue weighted by atomic mass is 35.5. The molecule has 1 unspecified atom stereocenters. The van der Waals surface area contributed by atoms with Gasteiger partial charge in [-0.3, -0.25) is 0 Å². The summed E-state index contributed by atoms with van der Waals surface area (Å²) in [4.78, 5) is 0. The fraction of sp³-hybridized carbons (Fsp3) is 0.538. The predicted molar refractivity (Wildman–Crippen MR) is 65.8 cm³/mol. The molecule has 0 fully saturated rings. The number of ether oxygens (including phenoxy) is 1. The molecule has 0 bridgehead atoms. The smallest absolute Gasteiger partial charge is 0.122 e. The molecular weight excluding hydrogens is 208 g/mol. The topological polar surface area (TPSA) is 9.23 Å². The van der Waals surface area contributed by atoms with Crippen molar-refractivity contribution in [3.63, 3.8) is 0 Å². The molecule has 0 spiro atoms. The van der Waals surface area contributed by atoms with Gasteiger partial charge in [0.15, 0.2) is 0 Å². The highest BCUT2D eigenvalue weighted by Crippen LogP contribution is 2.21. The normalized spacial score (nSPS) is 12.9. The number of halogens is 1. The van der Waals surface area contributed by atoms with Crippen LogP contribution in [0.3, 0.4) is 0 Å². The molecular formula is C13H19ClO. The first-order valence-electron chi connectivity index (χ1n) is 5.44. The van der Waals surface area contributed by atoms with Crippen LogP contribution < -0.4 is 4.74 Å². The van der Waals surface area contributed by atoms with Gasteiger partial charge in [-0.25, -0.2) is 0 Å². The lowest BCUT2D eigenvalue weighted by atomic mass is 10.1. The van der Waals surface area contributed by atoms with Crippen LogP contribution in [0, 0.1) is 5.92 Å². The van der Waals surface area contributed by atoms with E-state index in [2.05, 4.69) is 19.9 Å². The zero-order valence-corrected chi connectivity index (χ0v) is 10.4. The number of hydrogen-bond donors (Lipinski definition) is 0. The quantitative estimate of drug-likeness (QED) is 0.693. The Bertz CT molecular complexity index is 294. The van der Waals surface area contributed by atoms with Crippen LogP contribution in [0.4, 0.5) is 0 Å². The summed E-state index contributed by atoms with van der Waals surface area (Å²) in [7, 11) is 0. The van der Waals surface area contributed by atoms with E-state index in [1.165, 1.54) is 5.56 Å². The fourth-order valence-corrected chi connectivity index (χ4v) is 1.54. The van der Waals surface area contributed by atoms with E-state index in [9.17, 15) is 0 Å². The predicted octanol–water partition coefficient (Wildman–Crippen LogP) is 3.89. The first kappa shape index (κ1) is 12.4. The van der Waals surface area contributed by atoms with E-state index in [1.807, 2.05) is 25.1 Å². The van der Waals surface area contributed by atoms with Crippen molar-refractivity contribution in [1.82, 2.24) is 0 Å². The molecule has 0 aromatic heterocycles. The van der Waals surface area contributed by atoms with Crippen molar-refractivity contribution in [1.29, 1.82) is 0 Å². The average molecular weight is 227 g/mol. The minimum atomic E-state index is 0.147. The van der Waals surface area contributed by atoms with Crippen molar-refractivity contribution >= 4 is 11.6 Å². The molecule has 84 valence electrons. The minimum absolute atomic E-state index is 0.147. The molecule has 0 aliphatic heterocycles. The number of rotatable bonds is 5. The van der Waals surface area contributed by atoms with E-state index >= 15 is 0 Å². The van der Waals surface area contributed by atoms with E-state index in [4.69, 9.17) is 16.3 Å². The summed E-state index contributed by atoms with van der Waals surface area (Å²) < 4.78 is 5.74. The van der Waals surface area contributed by atoms with Gasteiger partial charge in [-0.15, -0.1) is 11.6 Å². The van der Waals surface area contributed by atoms with Gasteiger partial charge in [0, 0.05) is 5.38 Å².